The molecular weight excluding hydrogens is 326 g/mol. The topological polar surface area (TPSA) is 70.4 Å². The lowest BCUT2D eigenvalue weighted by Gasteiger charge is -2.34. The van der Waals surface area contributed by atoms with Crippen LogP contribution in [-0.2, 0) is 4.79 Å². The molecule has 1 saturated heterocycles. The van der Waals surface area contributed by atoms with Gasteiger partial charge in [0.1, 0.15) is 6.04 Å². The van der Waals surface area contributed by atoms with Crippen molar-refractivity contribution in [3.63, 3.8) is 0 Å². The summed E-state index contributed by atoms with van der Waals surface area (Å²) in [5, 5.41) is 3.88. The first kappa shape index (κ1) is 16.7. The normalized spacial score (nSPS) is 16.2. The molecular formula is C17H22N3O3S+. The van der Waals surface area contributed by atoms with Gasteiger partial charge >= 0.3 is 0 Å². The van der Waals surface area contributed by atoms with Gasteiger partial charge in [-0.1, -0.05) is 6.07 Å². The lowest BCUT2D eigenvalue weighted by atomic mass is 10.2. The van der Waals surface area contributed by atoms with Crippen molar-refractivity contribution >= 4 is 23.2 Å². The number of amides is 2. The molecule has 2 aromatic rings. The van der Waals surface area contributed by atoms with E-state index in [2.05, 4.69) is 0 Å². The molecule has 1 fully saturated rings. The van der Waals surface area contributed by atoms with Gasteiger partial charge < -0.3 is 19.5 Å². The molecule has 0 spiro atoms. The summed E-state index contributed by atoms with van der Waals surface area (Å²) in [6.07, 6.45) is 1.64. The molecule has 0 bridgehead atoms. The SMILES string of the molecule is C[C@H]([NH2+]CC(=O)N1CCN(C(=O)c2cccs2)CC1)c1ccco1. The summed E-state index contributed by atoms with van der Waals surface area (Å²) < 4.78 is 5.35. The van der Waals surface area contributed by atoms with Crippen molar-refractivity contribution in [2.75, 3.05) is 32.7 Å². The monoisotopic (exact) mass is 348 g/mol. The third kappa shape index (κ3) is 3.85. The Morgan fingerprint density at radius 1 is 1.21 bits per heavy atom. The molecule has 0 unspecified atom stereocenters. The molecule has 1 atom stereocenters. The lowest BCUT2D eigenvalue weighted by molar-refractivity contribution is -0.685. The maximum atomic E-state index is 12.3. The second-order valence-electron chi connectivity index (χ2n) is 5.89. The number of piperazine rings is 1. The predicted molar refractivity (Wildman–Crippen MR) is 90.7 cm³/mol. The van der Waals surface area contributed by atoms with Crippen LogP contribution >= 0.6 is 11.3 Å². The predicted octanol–water partition coefficient (Wildman–Crippen LogP) is 0.950. The fourth-order valence-electron chi connectivity index (χ4n) is 2.79. The van der Waals surface area contributed by atoms with E-state index in [0.717, 1.165) is 10.6 Å². The maximum Gasteiger partial charge on any atom is 0.277 e. The minimum Gasteiger partial charge on any atom is -0.463 e. The van der Waals surface area contributed by atoms with Gasteiger partial charge in [0.05, 0.1) is 11.1 Å². The van der Waals surface area contributed by atoms with Crippen LogP contribution in [-0.4, -0.2) is 54.3 Å². The minimum absolute atomic E-state index is 0.0649. The Morgan fingerprint density at radius 2 is 1.96 bits per heavy atom. The van der Waals surface area contributed by atoms with Gasteiger partial charge in [0.25, 0.3) is 11.8 Å². The molecule has 0 saturated carbocycles. The van der Waals surface area contributed by atoms with Crippen molar-refractivity contribution in [2.45, 2.75) is 13.0 Å². The number of furan rings is 1. The third-order valence-corrected chi connectivity index (χ3v) is 5.15. The van der Waals surface area contributed by atoms with Gasteiger partial charge in [-0.2, -0.15) is 0 Å². The molecule has 1 aliphatic heterocycles. The molecule has 2 amide bonds. The fourth-order valence-corrected chi connectivity index (χ4v) is 3.48. The van der Waals surface area contributed by atoms with E-state index in [4.69, 9.17) is 4.42 Å². The standard InChI is InChI=1S/C17H21N3O3S/c1-13(14-4-2-10-23-14)18-12-16(21)19-6-8-20(9-7-19)17(22)15-5-3-11-24-15/h2-5,10-11,13,18H,6-9,12H2,1H3/p+1/t13-/m0/s1. The van der Waals surface area contributed by atoms with E-state index in [1.54, 1.807) is 6.26 Å². The van der Waals surface area contributed by atoms with E-state index in [-0.39, 0.29) is 17.9 Å². The molecule has 0 aromatic carbocycles. The van der Waals surface area contributed by atoms with Crippen molar-refractivity contribution in [3.8, 4) is 0 Å². The number of hydrogen-bond donors (Lipinski definition) is 1. The number of thiophene rings is 1. The number of carbonyl (C=O) groups is 2. The summed E-state index contributed by atoms with van der Waals surface area (Å²) in [5.74, 6) is 1.04. The molecule has 3 heterocycles. The first-order valence-corrected chi connectivity index (χ1v) is 9.00. The quantitative estimate of drug-likeness (QED) is 0.875. The first-order valence-electron chi connectivity index (χ1n) is 8.12. The Morgan fingerprint density at radius 3 is 2.58 bits per heavy atom. The minimum atomic E-state index is 0.0649. The van der Waals surface area contributed by atoms with Crippen LogP contribution in [0.1, 0.15) is 28.4 Å². The van der Waals surface area contributed by atoms with Crippen LogP contribution in [0.25, 0.3) is 0 Å². The van der Waals surface area contributed by atoms with E-state index in [9.17, 15) is 9.59 Å². The highest BCUT2D eigenvalue weighted by molar-refractivity contribution is 7.12. The second-order valence-corrected chi connectivity index (χ2v) is 6.84. The Balaban J connectivity index is 1.44. The lowest BCUT2D eigenvalue weighted by Crippen LogP contribution is -2.87. The average molecular weight is 348 g/mol. The maximum absolute atomic E-state index is 12.3. The van der Waals surface area contributed by atoms with Crippen molar-refractivity contribution in [3.05, 3.63) is 46.5 Å². The molecule has 128 valence electrons. The number of carbonyl (C=O) groups excluding carboxylic acids is 2. The molecule has 1 aliphatic rings. The Bertz CT molecular complexity index is 661. The fraction of sp³-hybridized carbons (Fsp3) is 0.412. The van der Waals surface area contributed by atoms with Gasteiger partial charge in [-0.15, -0.1) is 11.3 Å². The zero-order chi connectivity index (χ0) is 16.9. The zero-order valence-electron chi connectivity index (χ0n) is 13.7. The average Bonchev–Trinajstić information content (AvgIpc) is 3.32. The first-order chi connectivity index (χ1) is 11.6. The second kappa shape index (κ2) is 7.63. The van der Waals surface area contributed by atoms with Crippen LogP contribution in [0.4, 0.5) is 0 Å². The van der Waals surface area contributed by atoms with Gasteiger partial charge in [0.15, 0.2) is 12.3 Å². The van der Waals surface area contributed by atoms with Gasteiger partial charge in [0, 0.05) is 26.2 Å². The van der Waals surface area contributed by atoms with Crippen molar-refractivity contribution in [2.24, 2.45) is 0 Å². The number of nitrogens with two attached hydrogens (primary N) is 1. The van der Waals surface area contributed by atoms with Gasteiger partial charge in [-0.3, -0.25) is 9.59 Å². The molecule has 2 N–H and O–H groups in total. The van der Waals surface area contributed by atoms with Crippen molar-refractivity contribution in [1.29, 1.82) is 0 Å². The van der Waals surface area contributed by atoms with Gasteiger partial charge in [0.2, 0.25) is 0 Å². The smallest absolute Gasteiger partial charge is 0.277 e. The summed E-state index contributed by atoms with van der Waals surface area (Å²) in [7, 11) is 0. The highest BCUT2D eigenvalue weighted by Crippen LogP contribution is 2.14. The molecule has 2 aromatic heterocycles. The molecule has 0 radical (unpaired) electrons. The zero-order valence-corrected chi connectivity index (χ0v) is 14.5. The summed E-state index contributed by atoms with van der Waals surface area (Å²) in [6, 6.07) is 7.61. The number of rotatable bonds is 5. The molecule has 24 heavy (non-hydrogen) atoms. The van der Waals surface area contributed by atoms with E-state index in [1.807, 2.05) is 51.7 Å². The Kier molecular flexibility index (Phi) is 5.32. The summed E-state index contributed by atoms with van der Waals surface area (Å²) in [6.45, 7) is 4.79. The molecule has 7 heteroatoms. The van der Waals surface area contributed by atoms with E-state index in [0.29, 0.717) is 32.7 Å². The van der Waals surface area contributed by atoms with Crippen molar-refractivity contribution in [1.82, 2.24) is 9.80 Å². The molecule has 3 rings (SSSR count). The summed E-state index contributed by atoms with van der Waals surface area (Å²) in [5.41, 5.74) is 0. The van der Waals surface area contributed by atoms with E-state index < -0.39 is 0 Å². The van der Waals surface area contributed by atoms with Crippen molar-refractivity contribution < 1.29 is 19.3 Å². The Labute approximate surface area is 145 Å². The van der Waals surface area contributed by atoms with Gasteiger partial charge in [-0.25, -0.2) is 0 Å². The van der Waals surface area contributed by atoms with E-state index in [1.165, 1.54) is 11.3 Å². The highest BCUT2D eigenvalue weighted by Gasteiger charge is 2.26. The van der Waals surface area contributed by atoms with E-state index >= 15 is 0 Å². The Hall–Kier alpha value is -2.12. The van der Waals surface area contributed by atoms with Crippen LogP contribution in [0.5, 0.6) is 0 Å². The van der Waals surface area contributed by atoms with Crippen LogP contribution < -0.4 is 5.32 Å². The number of nitrogens with zero attached hydrogens (tertiary/aromatic N) is 2. The molecule has 6 nitrogen and oxygen atoms in total. The summed E-state index contributed by atoms with van der Waals surface area (Å²) >= 11 is 1.46. The third-order valence-electron chi connectivity index (χ3n) is 4.29. The van der Waals surface area contributed by atoms with Crippen LogP contribution in [0.3, 0.4) is 0 Å². The number of quaternary nitrogens is 1. The van der Waals surface area contributed by atoms with Gasteiger partial charge in [-0.05, 0) is 30.5 Å². The largest absolute Gasteiger partial charge is 0.463 e. The van der Waals surface area contributed by atoms with Crippen LogP contribution in [0.15, 0.2) is 40.3 Å². The van der Waals surface area contributed by atoms with Crippen LogP contribution in [0.2, 0.25) is 0 Å². The summed E-state index contributed by atoms with van der Waals surface area (Å²) in [4.78, 5) is 29.1. The highest BCUT2D eigenvalue weighted by atomic mass is 32.1. The van der Waals surface area contributed by atoms with Crippen LogP contribution in [0, 0.1) is 0 Å². The number of hydrogen-bond acceptors (Lipinski definition) is 4. The molecule has 0 aliphatic carbocycles.